The number of carbonyl (C=O) groups is 3. The molecule has 0 unspecified atom stereocenters. The second-order valence-corrected chi connectivity index (χ2v) is 10.8. The summed E-state index contributed by atoms with van der Waals surface area (Å²) in [6, 6.07) is 26.9. The molecule has 0 saturated carbocycles. The number of nitrogen functional groups attached to an aromatic ring is 1. The van der Waals surface area contributed by atoms with E-state index in [0.29, 0.717) is 0 Å². The summed E-state index contributed by atoms with van der Waals surface area (Å²) in [6.07, 6.45) is -1.87. The molecular formula is C36H29N5O7. The Morgan fingerprint density at radius 2 is 1.42 bits per heavy atom. The monoisotopic (exact) mass is 643 g/mol. The first-order valence-electron chi connectivity index (χ1n) is 14.9. The van der Waals surface area contributed by atoms with Gasteiger partial charge in [0, 0.05) is 12.6 Å². The first kappa shape index (κ1) is 31.7. The number of hydrogen-bond donors (Lipinski definition) is 1. The Bertz CT molecular complexity index is 1990. The fourth-order valence-electron chi connectivity index (χ4n) is 5.56. The standard InChI is InChI=1S/C36H29N5O7/c1-2-12-26(45-34(42)22-13-6-3-7-14-22)28-29(47-35(43)23-15-8-4-9-16-23)30(48-36(44)24-17-10-5-11-18-24)33(46-28)41-20-25(19-37)27-31(38)39-21-40-32(27)41/h2-11,13-18,20-21,26,28-30,33H,1,12H2,(H2,38,39,40)/t26-,28-,29-,30-,33-/m1/s1. The Morgan fingerprint density at radius 1 is 0.875 bits per heavy atom. The van der Waals surface area contributed by atoms with Gasteiger partial charge in [-0.15, -0.1) is 6.58 Å². The van der Waals surface area contributed by atoms with E-state index in [1.54, 1.807) is 91.0 Å². The molecule has 1 aliphatic heterocycles. The van der Waals surface area contributed by atoms with Gasteiger partial charge in [0.2, 0.25) is 0 Å². The molecule has 0 bridgehead atoms. The zero-order valence-electron chi connectivity index (χ0n) is 25.4. The zero-order chi connectivity index (χ0) is 33.6. The number of benzene rings is 3. The molecule has 240 valence electrons. The van der Waals surface area contributed by atoms with Gasteiger partial charge in [0.25, 0.3) is 0 Å². The van der Waals surface area contributed by atoms with Crippen LogP contribution in [0.3, 0.4) is 0 Å². The molecule has 6 rings (SSSR count). The highest BCUT2D eigenvalue weighted by atomic mass is 16.7. The Hall–Kier alpha value is -6.32. The number of nitrogens with two attached hydrogens (primary N) is 1. The molecule has 0 amide bonds. The lowest BCUT2D eigenvalue weighted by molar-refractivity contribution is -0.0911. The summed E-state index contributed by atoms with van der Waals surface area (Å²) < 4.78 is 26.2. The summed E-state index contributed by atoms with van der Waals surface area (Å²) >= 11 is 0. The highest BCUT2D eigenvalue weighted by molar-refractivity contribution is 5.93. The molecule has 0 radical (unpaired) electrons. The van der Waals surface area contributed by atoms with E-state index in [9.17, 15) is 19.6 Å². The summed E-state index contributed by atoms with van der Waals surface area (Å²) in [7, 11) is 0. The lowest BCUT2D eigenvalue weighted by Crippen LogP contribution is -2.45. The van der Waals surface area contributed by atoms with E-state index in [4.69, 9.17) is 24.7 Å². The molecule has 2 N–H and O–H groups in total. The van der Waals surface area contributed by atoms with Crippen molar-refractivity contribution in [1.82, 2.24) is 14.5 Å². The average Bonchev–Trinajstić information content (AvgIpc) is 3.67. The Balaban J connectivity index is 1.47. The largest absolute Gasteiger partial charge is 0.456 e. The van der Waals surface area contributed by atoms with Gasteiger partial charge in [-0.05, 0) is 36.4 Å². The van der Waals surface area contributed by atoms with E-state index < -0.39 is 48.6 Å². The number of aromatic nitrogens is 3. The van der Waals surface area contributed by atoms with Gasteiger partial charge in [-0.2, -0.15) is 5.26 Å². The molecule has 0 aliphatic carbocycles. The van der Waals surface area contributed by atoms with Gasteiger partial charge < -0.3 is 29.2 Å². The second-order valence-electron chi connectivity index (χ2n) is 10.8. The SMILES string of the molecule is C=CC[C@@H](OC(=O)c1ccccc1)[C@H]1O[C@@H](n2cc(C#N)c3c(N)ncnc32)[C@H](OC(=O)c2ccccc2)[C@@H]1OC(=O)c1ccccc1. The van der Waals surface area contributed by atoms with E-state index >= 15 is 0 Å². The van der Waals surface area contributed by atoms with Crippen LogP contribution in [0.4, 0.5) is 5.82 Å². The number of esters is 3. The third-order valence-electron chi connectivity index (χ3n) is 7.80. The van der Waals surface area contributed by atoms with Crippen molar-refractivity contribution in [3.63, 3.8) is 0 Å². The quantitative estimate of drug-likeness (QED) is 0.123. The van der Waals surface area contributed by atoms with Gasteiger partial charge in [0.05, 0.1) is 27.6 Å². The number of ether oxygens (including phenoxy) is 4. The van der Waals surface area contributed by atoms with E-state index in [2.05, 4.69) is 22.6 Å². The van der Waals surface area contributed by atoms with Crippen molar-refractivity contribution < 1.29 is 33.3 Å². The lowest BCUT2D eigenvalue weighted by Gasteiger charge is -2.28. The Morgan fingerprint density at radius 3 is 1.96 bits per heavy atom. The molecule has 1 fully saturated rings. The molecule has 5 aromatic rings. The maximum atomic E-state index is 13.6. The summed E-state index contributed by atoms with van der Waals surface area (Å²) in [5, 5.41) is 10.2. The topological polar surface area (TPSA) is 169 Å². The fourth-order valence-corrected chi connectivity index (χ4v) is 5.56. The van der Waals surface area contributed by atoms with Crippen LogP contribution in [0.5, 0.6) is 0 Å². The molecule has 1 saturated heterocycles. The van der Waals surface area contributed by atoms with E-state index in [1.807, 2.05) is 0 Å². The number of carbonyl (C=O) groups excluding carboxylic acids is 3. The third kappa shape index (κ3) is 6.35. The number of nitriles is 1. The summed E-state index contributed by atoms with van der Waals surface area (Å²) in [4.78, 5) is 48.9. The summed E-state index contributed by atoms with van der Waals surface area (Å²) in [5.74, 6) is -2.07. The van der Waals surface area contributed by atoms with Crippen LogP contribution < -0.4 is 5.73 Å². The van der Waals surface area contributed by atoms with E-state index in [0.717, 1.165) is 0 Å². The minimum Gasteiger partial charge on any atom is -0.456 e. The van der Waals surface area contributed by atoms with Gasteiger partial charge in [-0.25, -0.2) is 24.4 Å². The van der Waals surface area contributed by atoms with Crippen LogP contribution in [0.15, 0.2) is 116 Å². The molecule has 5 atom stereocenters. The molecule has 48 heavy (non-hydrogen) atoms. The van der Waals surface area contributed by atoms with Crippen molar-refractivity contribution in [3.8, 4) is 6.07 Å². The molecule has 12 heteroatoms. The van der Waals surface area contributed by atoms with E-state index in [1.165, 1.54) is 23.2 Å². The fraction of sp³-hybridized carbons (Fsp3) is 0.167. The number of anilines is 1. The van der Waals surface area contributed by atoms with Crippen LogP contribution >= 0.6 is 0 Å². The normalized spacial score (nSPS) is 19.1. The molecule has 1 aliphatic rings. The molecule has 12 nitrogen and oxygen atoms in total. The van der Waals surface area contributed by atoms with Gasteiger partial charge in [0.1, 0.15) is 36.1 Å². The third-order valence-corrected chi connectivity index (χ3v) is 7.80. The predicted molar refractivity (Wildman–Crippen MR) is 172 cm³/mol. The lowest BCUT2D eigenvalue weighted by atomic mass is 10.0. The highest BCUT2D eigenvalue weighted by Crippen LogP contribution is 2.40. The Kier molecular flexibility index (Phi) is 9.22. The van der Waals surface area contributed by atoms with Crippen molar-refractivity contribution in [2.75, 3.05) is 5.73 Å². The molecular weight excluding hydrogens is 614 g/mol. The summed E-state index contributed by atoms with van der Waals surface area (Å²) in [5.41, 5.74) is 7.23. The minimum absolute atomic E-state index is 0.0519. The number of hydrogen-bond acceptors (Lipinski definition) is 11. The molecule has 2 aromatic heterocycles. The van der Waals surface area contributed by atoms with Crippen molar-refractivity contribution in [3.05, 3.63) is 138 Å². The van der Waals surface area contributed by atoms with Crippen molar-refractivity contribution in [2.24, 2.45) is 0 Å². The first-order valence-corrected chi connectivity index (χ1v) is 14.9. The predicted octanol–water partition coefficient (Wildman–Crippen LogP) is 5.04. The van der Waals surface area contributed by atoms with Gasteiger partial charge in [0.15, 0.2) is 18.4 Å². The zero-order valence-corrected chi connectivity index (χ0v) is 25.4. The van der Waals surface area contributed by atoms with Crippen LogP contribution in [0.2, 0.25) is 0 Å². The minimum atomic E-state index is -1.34. The molecule has 3 aromatic carbocycles. The van der Waals surface area contributed by atoms with Crippen LogP contribution in [0.25, 0.3) is 11.0 Å². The van der Waals surface area contributed by atoms with Crippen LogP contribution in [-0.2, 0) is 18.9 Å². The highest BCUT2D eigenvalue weighted by Gasteiger charge is 2.54. The van der Waals surface area contributed by atoms with Gasteiger partial charge in [-0.3, -0.25) is 0 Å². The molecule has 0 spiro atoms. The van der Waals surface area contributed by atoms with Crippen molar-refractivity contribution >= 4 is 34.8 Å². The van der Waals surface area contributed by atoms with Crippen molar-refractivity contribution in [2.45, 2.75) is 37.1 Å². The maximum absolute atomic E-state index is 13.6. The smallest absolute Gasteiger partial charge is 0.338 e. The number of nitrogens with zero attached hydrogens (tertiary/aromatic N) is 4. The van der Waals surface area contributed by atoms with Crippen molar-refractivity contribution in [1.29, 1.82) is 5.26 Å². The van der Waals surface area contributed by atoms with Crippen LogP contribution in [0, 0.1) is 11.3 Å². The Labute approximate surface area is 274 Å². The van der Waals surface area contributed by atoms with Gasteiger partial charge >= 0.3 is 17.9 Å². The van der Waals surface area contributed by atoms with Crippen LogP contribution in [-0.4, -0.2) is 56.9 Å². The summed E-state index contributed by atoms with van der Waals surface area (Å²) in [6.45, 7) is 3.82. The number of rotatable bonds is 10. The second kappa shape index (κ2) is 14.0. The first-order chi connectivity index (χ1) is 23.4. The molecule has 3 heterocycles. The van der Waals surface area contributed by atoms with E-state index in [-0.39, 0.29) is 45.5 Å². The van der Waals surface area contributed by atoms with Gasteiger partial charge in [-0.1, -0.05) is 60.7 Å². The average molecular weight is 644 g/mol. The maximum Gasteiger partial charge on any atom is 0.338 e. The number of fused-ring (bicyclic) bond motifs is 1. The van der Waals surface area contributed by atoms with Crippen LogP contribution in [0.1, 0.15) is 49.3 Å².